The van der Waals surface area contributed by atoms with Crippen LogP contribution in [-0.4, -0.2) is 135 Å². The molecule has 0 aromatic rings. The highest BCUT2D eigenvalue weighted by molar-refractivity contribution is 6.00. The zero-order valence-electron chi connectivity index (χ0n) is 30.8. The molecule has 0 aliphatic carbocycles. The highest BCUT2D eigenvalue weighted by atomic mass is 16.7. The average molecular weight is 669 g/mol. The molecule has 13 heteroatoms. The summed E-state index contributed by atoms with van der Waals surface area (Å²) in [4.78, 5) is 43.6. The first-order valence-corrected chi connectivity index (χ1v) is 17.2. The second-order valence-electron chi connectivity index (χ2n) is 15.0. The van der Waals surface area contributed by atoms with Gasteiger partial charge in [-0.2, -0.15) is 0 Å². The van der Waals surface area contributed by atoms with Crippen molar-refractivity contribution in [3.05, 3.63) is 0 Å². The number of carbonyl (C=O) groups excluding carboxylic acids is 3. The van der Waals surface area contributed by atoms with Gasteiger partial charge < -0.3 is 33.3 Å². The SMILES string of the molecule is CC[C@H]1OC(=O)C(C)C(=O)C(C)C(OC2OC(C)CC(N(C)C)C2OC)C(C)(OC)CC(C)C2NCN(C)N3C(=O)OC1(C)[C@H]3[C@H]2C. The van der Waals surface area contributed by atoms with Crippen LogP contribution in [0.25, 0.3) is 0 Å². The molecule has 4 aliphatic rings. The minimum absolute atomic E-state index is 0.0152. The number of fused-ring (bicyclic) bond motifs is 1. The molecule has 4 saturated heterocycles. The number of ether oxygens (including phenoxy) is 6. The molecule has 0 aromatic heterocycles. The van der Waals surface area contributed by atoms with Crippen LogP contribution in [0, 0.1) is 23.7 Å². The Morgan fingerprint density at radius 1 is 1.06 bits per heavy atom. The second-order valence-corrected chi connectivity index (χ2v) is 15.0. The van der Waals surface area contributed by atoms with Crippen molar-refractivity contribution in [3.8, 4) is 0 Å². The summed E-state index contributed by atoms with van der Waals surface area (Å²) in [5.41, 5.74) is -2.14. The molecule has 1 amide bonds. The van der Waals surface area contributed by atoms with E-state index in [1.54, 1.807) is 33.1 Å². The molecule has 13 nitrogen and oxygen atoms in total. The summed E-state index contributed by atoms with van der Waals surface area (Å²) in [5.74, 6) is -3.02. The standard InChI is InChI=1S/C34H60N4O9/c1-14-24-34(8)28-20(4)25(35-17-37(11)38(28)32(41)47-34)18(2)16-33(7,43-13)29(21(5)26(39)22(6)30(40)45-24)46-31-27(42-12)23(36(9)10)15-19(3)44-31/h18-25,27-29,31,35H,14-17H2,1-13H3/t18?,19?,20-,21?,22?,23?,24+,25?,27?,28+,29?,31?,33?,34?/m0/s1. The van der Waals surface area contributed by atoms with Crippen LogP contribution in [0.15, 0.2) is 0 Å². The number of likely N-dealkylation sites (N-methyl/N-ethyl adjacent to an activating group) is 1. The van der Waals surface area contributed by atoms with Gasteiger partial charge in [0.1, 0.15) is 18.1 Å². The highest BCUT2D eigenvalue weighted by Crippen LogP contribution is 2.45. The summed E-state index contributed by atoms with van der Waals surface area (Å²) in [6.07, 6.45) is -1.73. The lowest BCUT2D eigenvalue weighted by Gasteiger charge is -2.48. The van der Waals surface area contributed by atoms with E-state index in [0.717, 1.165) is 6.42 Å². The van der Waals surface area contributed by atoms with Gasteiger partial charge in [0, 0.05) is 39.3 Å². The van der Waals surface area contributed by atoms with Gasteiger partial charge in [0.15, 0.2) is 17.7 Å². The molecule has 0 spiro atoms. The van der Waals surface area contributed by atoms with E-state index < -0.39 is 65.7 Å². The Balaban J connectivity index is 1.82. The zero-order chi connectivity index (χ0) is 35.2. The predicted octanol–water partition coefficient (Wildman–Crippen LogP) is 3.05. The first kappa shape index (κ1) is 37.9. The fourth-order valence-corrected chi connectivity index (χ4v) is 8.84. The lowest BCUT2D eigenvalue weighted by molar-refractivity contribution is -0.299. The molecule has 0 aromatic carbocycles. The van der Waals surface area contributed by atoms with E-state index in [1.165, 1.54) is 0 Å². The molecule has 2 bridgehead atoms. The lowest BCUT2D eigenvalue weighted by Crippen LogP contribution is -2.61. The Bertz CT molecular complexity index is 1140. The van der Waals surface area contributed by atoms with Crippen LogP contribution in [0.1, 0.15) is 74.7 Å². The van der Waals surface area contributed by atoms with Gasteiger partial charge in [0.05, 0.1) is 30.5 Å². The number of carbonyl (C=O) groups is 3. The Labute approximate surface area is 281 Å². The van der Waals surface area contributed by atoms with Crippen molar-refractivity contribution in [1.29, 1.82) is 0 Å². The maximum Gasteiger partial charge on any atom is 0.425 e. The van der Waals surface area contributed by atoms with E-state index in [9.17, 15) is 14.4 Å². The number of hydrazine groups is 1. The molecule has 270 valence electrons. The number of nitrogens with one attached hydrogen (secondary N) is 1. The van der Waals surface area contributed by atoms with Crippen LogP contribution in [0.2, 0.25) is 0 Å². The van der Waals surface area contributed by atoms with Crippen molar-refractivity contribution < 1.29 is 42.8 Å². The lowest BCUT2D eigenvalue weighted by atomic mass is 9.72. The number of esters is 1. The molecule has 11 unspecified atom stereocenters. The van der Waals surface area contributed by atoms with E-state index in [0.29, 0.717) is 19.5 Å². The Hall–Kier alpha value is -1.87. The third kappa shape index (κ3) is 6.95. The summed E-state index contributed by atoms with van der Waals surface area (Å²) in [6, 6.07) is -0.530. The van der Waals surface area contributed by atoms with Crippen LogP contribution in [0.4, 0.5) is 4.79 Å². The quantitative estimate of drug-likeness (QED) is 0.330. The van der Waals surface area contributed by atoms with Gasteiger partial charge in [-0.15, -0.1) is 0 Å². The van der Waals surface area contributed by atoms with Gasteiger partial charge in [-0.3, -0.25) is 14.9 Å². The highest BCUT2D eigenvalue weighted by Gasteiger charge is 2.62. The van der Waals surface area contributed by atoms with Gasteiger partial charge in [-0.05, 0) is 72.9 Å². The molecule has 4 rings (SSSR count). The summed E-state index contributed by atoms with van der Waals surface area (Å²) in [6.45, 7) is 15.7. The van der Waals surface area contributed by atoms with E-state index in [1.807, 2.05) is 53.8 Å². The molecule has 0 saturated carbocycles. The Morgan fingerprint density at radius 2 is 1.72 bits per heavy atom. The zero-order valence-corrected chi connectivity index (χ0v) is 30.8. The summed E-state index contributed by atoms with van der Waals surface area (Å²) in [7, 11) is 9.13. The summed E-state index contributed by atoms with van der Waals surface area (Å²) < 4.78 is 37.8. The van der Waals surface area contributed by atoms with Crippen molar-refractivity contribution in [2.75, 3.05) is 42.0 Å². The maximum atomic E-state index is 14.3. The van der Waals surface area contributed by atoms with Crippen molar-refractivity contribution in [1.82, 2.24) is 20.2 Å². The molecular weight excluding hydrogens is 608 g/mol. The number of ketones is 1. The minimum Gasteiger partial charge on any atom is -0.458 e. The van der Waals surface area contributed by atoms with Crippen molar-refractivity contribution in [3.63, 3.8) is 0 Å². The first-order chi connectivity index (χ1) is 21.9. The number of cyclic esters (lactones) is 1. The van der Waals surface area contributed by atoms with Crippen molar-refractivity contribution in [2.45, 2.75) is 135 Å². The van der Waals surface area contributed by atoms with E-state index in [-0.39, 0.29) is 35.8 Å². The fraction of sp³-hybridized carbons (Fsp3) is 0.912. The van der Waals surface area contributed by atoms with E-state index in [4.69, 9.17) is 28.4 Å². The second kappa shape index (κ2) is 14.5. The number of methoxy groups -OCH3 is 2. The number of hydrogen-bond acceptors (Lipinski definition) is 12. The van der Waals surface area contributed by atoms with Gasteiger partial charge in [-0.1, -0.05) is 27.7 Å². The van der Waals surface area contributed by atoms with E-state index in [2.05, 4.69) is 24.1 Å². The molecule has 4 aliphatic heterocycles. The summed E-state index contributed by atoms with van der Waals surface area (Å²) >= 11 is 0. The van der Waals surface area contributed by atoms with Crippen LogP contribution in [0.3, 0.4) is 0 Å². The molecule has 47 heavy (non-hydrogen) atoms. The normalized spacial score (nSPS) is 45.7. The monoisotopic (exact) mass is 668 g/mol. The van der Waals surface area contributed by atoms with Crippen LogP contribution in [-0.2, 0) is 38.0 Å². The van der Waals surface area contributed by atoms with Crippen LogP contribution < -0.4 is 5.32 Å². The third-order valence-corrected chi connectivity index (χ3v) is 11.5. The first-order valence-electron chi connectivity index (χ1n) is 17.2. The van der Waals surface area contributed by atoms with Gasteiger partial charge in [0.25, 0.3) is 0 Å². The average Bonchev–Trinajstić information content (AvgIpc) is 3.21. The van der Waals surface area contributed by atoms with Gasteiger partial charge in [-0.25, -0.2) is 14.8 Å². The molecular formula is C34H60N4O9. The Kier molecular flexibility index (Phi) is 11.7. The molecule has 0 radical (unpaired) electrons. The Morgan fingerprint density at radius 3 is 2.30 bits per heavy atom. The van der Waals surface area contributed by atoms with Gasteiger partial charge >= 0.3 is 12.1 Å². The largest absolute Gasteiger partial charge is 0.458 e. The number of hydrogen-bond donors (Lipinski definition) is 1. The minimum atomic E-state index is -1.15. The molecule has 14 atom stereocenters. The third-order valence-electron chi connectivity index (χ3n) is 11.5. The van der Waals surface area contributed by atoms with Crippen molar-refractivity contribution in [2.24, 2.45) is 23.7 Å². The molecule has 1 N–H and O–H groups in total. The van der Waals surface area contributed by atoms with Crippen molar-refractivity contribution >= 4 is 17.8 Å². The number of Topliss-reactive ketones (excluding diaryl/α,β-unsaturated/α-hetero) is 1. The summed E-state index contributed by atoms with van der Waals surface area (Å²) in [5, 5.41) is 7.17. The number of amides is 1. The van der Waals surface area contributed by atoms with Crippen LogP contribution in [0.5, 0.6) is 0 Å². The fourth-order valence-electron chi connectivity index (χ4n) is 8.84. The topological polar surface area (TPSA) is 128 Å². The smallest absolute Gasteiger partial charge is 0.425 e. The number of rotatable bonds is 6. The molecule has 4 heterocycles. The van der Waals surface area contributed by atoms with E-state index >= 15 is 0 Å². The predicted molar refractivity (Wildman–Crippen MR) is 174 cm³/mol. The molecule has 4 fully saturated rings. The van der Waals surface area contributed by atoms with Crippen LogP contribution >= 0.6 is 0 Å². The maximum absolute atomic E-state index is 14.3. The number of nitrogens with zero attached hydrogens (tertiary/aromatic N) is 3. The van der Waals surface area contributed by atoms with Gasteiger partial charge in [0.2, 0.25) is 0 Å².